The first-order chi connectivity index (χ1) is 9.56. The maximum Gasteiger partial charge on any atom is 0.248 e. The summed E-state index contributed by atoms with van der Waals surface area (Å²) in [6, 6.07) is 6.57. The van der Waals surface area contributed by atoms with Crippen molar-refractivity contribution in [3.8, 4) is 0 Å². The minimum absolute atomic E-state index is 0.403. The van der Waals surface area contributed by atoms with Gasteiger partial charge in [-0.3, -0.25) is 9.69 Å². The lowest BCUT2D eigenvalue weighted by Gasteiger charge is -2.28. The molecule has 1 aromatic rings. The molecule has 0 saturated carbocycles. The van der Waals surface area contributed by atoms with Crippen molar-refractivity contribution in [3.05, 3.63) is 23.8 Å². The average Bonchev–Trinajstić information content (AvgIpc) is 2.64. The molecule has 0 aromatic heterocycles. The number of hydrogen-bond acceptors (Lipinski definition) is 4. The number of nitrogen functional groups attached to an aromatic ring is 1. The second-order valence-electron chi connectivity index (χ2n) is 5.92. The molecule has 2 fully saturated rings. The predicted molar refractivity (Wildman–Crippen MR) is 80.8 cm³/mol. The first kappa shape index (κ1) is 13.2. The van der Waals surface area contributed by atoms with Crippen LogP contribution in [0.2, 0.25) is 0 Å². The highest BCUT2D eigenvalue weighted by atomic mass is 16.1. The van der Waals surface area contributed by atoms with E-state index >= 15 is 0 Å². The third-order valence-corrected chi connectivity index (χ3v) is 4.80. The van der Waals surface area contributed by atoms with E-state index in [-0.39, 0.29) is 0 Å². The summed E-state index contributed by atoms with van der Waals surface area (Å²) in [4.78, 5) is 16.2. The highest BCUT2D eigenvalue weighted by Gasteiger charge is 2.35. The van der Waals surface area contributed by atoms with Crippen LogP contribution in [0, 0.1) is 0 Å². The van der Waals surface area contributed by atoms with Crippen LogP contribution in [0.15, 0.2) is 18.2 Å². The molecule has 108 valence electrons. The first-order valence-corrected chi connectivity index (χ1v) is 7.22. The Morgan fingerprint density at radius 1 is 1.25 bits per heavy atom. The molecule has 0 aliphatic carbocycles. The molecule has 2 unspecified atom stereocenters. The van der Waals surface area contributed by atoms with Crippen molar-refractivity contribution in [3.63, 3.8) is 0 Å². The number of hydrogen-bond donors (Lipinski definition) is 2. The van der Waals surface area contributed by atoms with Crippen molar-refractivity contribution in [2.45, 2.75) is 31.3 Å². The van der Waals surface area contributed by atoms with Gasteiger partial charge in [0.1, 0.15) is 0 Å². The van der Waals surface area contributed by atoms with Crippen LogP contribution in [-0.2, 0) is 0 Å². The van der Waals surface area contributed by atoms with Crippen molar-refractivity contribution >= 4 is 17.3 Å². The van der Waals surface area contributed by atoms with Crippen molar-refractivity contribution in [2.75, 3.05) is 30.8 Å². The maximum atomic E-state index is 11.3. The molecule has 2 atom stereocenters. The fourth-order valence-electron chi connectivity index (χ4n) is 3.50. The smallest absolute Gasteiger partial charge is 0.248 e. The molecule has 2 aliphatic rings. The zero-order chi connectivity index (χ0) is 14.3. The van der Waals surface area contributed by atoms with Gasteiger partial charge in [0.2, 0.25) is 5.91 Å². The highest BCUT2D eigenvalue weighted by Crippen LogP contribution is 2.33. The van der Waals surface area contributed by atoms with Gasteiger partial charge in [0.25, 0.3) is 0 Å². The van der Waals surface area contributed by atoms with E-state index in [1.165, 1.54) is 12.8 Å². The van der Waals surface area contributed by atoms with Gasteiger partial charge in [0.15, 0.2) is 0 Å². The molecule has 4 N–H and O–H groups in total. The van der Waals surface area contributed by atoms with Gasteiger partial charge in [-0.25, -0.2) is 0 Å². The Morgan fingerprint density at radius 3 is 2.75 bits per heavy atom. The molecule has 2 heterocycles. The molecular weight excluding hydrogens is 252 g/mol. The van der Waals surface area contributed by atoms with E-state index in [0.29, 0.717) is 17.6 Å². The lowest BCUT2D eigenvalue weighted by Crippen LogP contribution is -2.37. The Kier molecular flexibility index (Phi) is 3.30. The van der Waals surface area contributed by atoms with Crippen LogP contribution in [0.25, 0.3) is 0 Å². The Labute approximate surface area is 119 Å². The van der Waals surface area contributed by atoms with Gasteiger partial charge in [-0.2, -0.15) is 0 Å². The largest absolute Gasteiger partial charge is 0.397 e. The monoisotopic (exact) mass is 274 g/mol. The topological polar surface area (TPSA) is 75.6 Å². The van der Waals surface area contributed by atoms with Crippen molar-refractivity contribution in [2.24, 2.45) is 5.73 Å². The van der Waals surface area contributed by atoms with Gasteiger partial charge in [0.05, 0.1) is 11.4 Å². The molecule has 20 heavy (non-hydrogen) atoms. The third-order valence-electron chi connectivity index (χ3n) is 4.80. The molecule has 5 heteroatoms. The standard InChI is InChI=1S/C15H22N4O/c1-18-11-3-4-12(18)9-19(7-6-11)14-8-10(15(17)20)2-5-13(14)16/h2,5,8,11-12H,3-4,6-7,9,16H2,1H3,(H2,17,20). The first-order valence-electron chi connectivity index (χ1n) is 7.22. The molecular formula is C15H22N4O. The average molecular weight is 274 g/mol. The van der Waals surface area contributed by atoms with E-state index in [2.05, 4.69) is 16.8 Å². The number of primary amides is 1. The Balaban J connectivity index is 1.89. The zero-order valence-electron chi connectivity index (χ0n) is 11.9. The molecule has 2 saturated heterocycles. The third kappa shape index (κ3) is 2.22. The molecule has 2 aliphatic heterocycles. The van der Waals surface area contributed by atoms with Crippen molar-refractivity contribution in [1.29, 1.82) is 0 Å². The van der Waals surface area contributed by atoms with Crippen LogP contribution in [0.3, 0.4) is 0 Å². The fraction of sp³-hybridized carbons (Fsp3) is 0.533. The van der Waals surface area contributed by atoms with Crippen molar-refractivity contribution in [1.82, 2.24) is 4.90 Å². The molecule has 0 radical (unpaired) electrons. The van der Waals surface area contributed by atoms with Crippen LogP contribution in [0.5, 0.6) is 0 Å². The summed E-state index contributed by atoms with van der Waals surface area (Å²) in [5.74, 6) is -0.403. The number of rotatable bonds is 2. The van der Waals surface area contributed by atoms with Gasteiger partial charge < -0.3 is 16.4 Å². The van der Waals surface area contributed by atoms with Gasteiger partial charge in [-0.1, -0.05) is 0 Å². The molecule has 0 spiro atoms. The second kappa shape index (κ2) is 4.98. The quantitative estimate of drug-likeness (QED) is 0.790. The summed E-state index contributed by atoms with van der Waals surface area (Å²) in [5.41, 5.74) is 13.7. The minimum atomic E-state index is -0.403. The molecule has 5 nitrogen and oxygen atoms in total. The highest BCUT2D eigenvalue weighted by molar-refractivity contribution is 5.95. The summed E-state index contributed by atoms with van der Waals surface area (Å²) in [6.07, 6.45) is 3.69. The van der Waals surface area contributed by atoms with Crippen molar-refractivity contribution < 1.29 is 4.79 Å². The predicted octanol–water partition coefficient (Wildman–Crippen LogP) is 1.04. The lowest BCUT2D eigenvalue weighted by molar-refractivity contribution is 0.100. The fourth-order valence-corrected chi connectivity index (χ4v) is 3.50. The van der Waals surface area contributed by atoms with Gasteiger partial charge >= 0.3 is 0 Å². The number of amides is 1. The number of nitrogens with two attached hydrogens (primary N) is 2. The second-order valence-corrected chi connectivity index (χ2v) is 5.92. The Bertz CT molecular complexity index is 531. The lowest BCUT2D eigenvalue weighted by atomic mass is 10.1. The van der Waals surface area contributed by atoms with Gasteiger partial charge in [-0.05, 0) is 44.5 Å². The van der Waals surface area contributed by atoms with E-state index in [4.69, 9.17) is 11.5 Å². The maximum absolute atomic E-state index is 11.3. The zero-order valence-corrected chi connectivity index (χ0v) is 11.9. The number of fused-ring (bicyclic) bond motifs is 2. The van der Waals surface area contributed by atoms with Gasteiger partial charge in [-0.15, -0.1) is 0 Å². The van der Waals surface area contributed by atoms with Crippen LogP contribution < -0.4 is 16.4 Å². The SMILES string of the molecule is CN1C2CCC1CN(c1cc(C(N)=O)ccc1N)CC2. The number of likely N-dealkylation sites (N-methyl/N-ethyl adjacent to an activating group) is 1. The summed E-state index contributed by atoms with van der Waals surface area (Å²) in [7, 11) is 2.22. The summed E-state index contributed by atoms with van der Waals surface area (Å²) in [5, 5.41) is 0. The normalized spacial score (nSPS) is 26.6. The molecule has 1 aromatic carbocycles. The summed E-state index contributed by atoms with van der Waals surface area (Å²) < 4.78 is 0. The molecule has 2 bridgehead atoms. The Morgan fingerprint density at radius 2 is 2.00 bits per heavy atom. The van der Waals surface area contributed by atoms with Crippen LogP contribution >= 0.6 is 0 Å². The van der Waals surface area contributed by atoms with E-state index < -0.39 is 5.91 Å². The number of nitrogens with zero attached hydrogens (tertiary/aromatic N) is 2. The number of benzene rings is 1. The van der Waals surface area contributed by atoms with Crippen LogP contribution in [0.1, 0.15) is 29.6 Å². The van der Waals surface area contributed by atoms with Crippen LogP contribution in [0.4, 0.5) is 11.4 Å². The molecule has 3 rings (SSSR count). The van der Waals surface area contributed by atoms with E-state index in [1.54, 1.807) is 12.1 Å². The minimum Gasteiger partial charge on any atom is -0.397 e. The number of carbonyl (C=O) groups excluding carboxylic acids is 1. The summed E-state index contributed by atoms with van der Waals surface area (Å²) in [6.45, 7) is 1.96. The molecule has 1 amide bonds. The Hall–Kier alpha value is -1.75. The van der Waals surface area contributed by atoms with E-state index in [1.807, 2.05) is 6.07 Å². The van der Waals surface area contributed by atoms with E-state index in [0.717, 1.165) is 30.9 Å². The number of anilines is 2. The number of carbonyl (C=O) groups is 1. The summed E-state index contributed by atoms with van der Waals surface area (Å²) >= 11 is 0. The van der Waals surface area contributed by atoms with Gasteiger partial charge in [0, 0.05) is 30.7 Å². The van der Waals surface area contributed by atoms with Crippen LogP contribution in [-0.4, -0.2) is 43.0 Å². The van der Waals surface area contributed by atoms with E-state index in [9.17, 15) is 4.79 Å².